The van der Waals surface area contributed by atoms with Crippen molar-refractivity contribution in [2.45, 2.75) is 58.4 Å². The summed E-state index contributed by atoms with van der Waals surface area (Å²) in [6.45, 7) is 8.72. The molecule has 1 spiro atoms. The molecule has 0 unspecified atom stereocenters. The van der Waals surface area contributed by atoms with Gasteiger partial charge in [0.2, 0.25) is 11.9 Å². The molecule has 8 heteroatoms. The van der Waals surface area contributed by atoms with E-state index in [1.54, 1.807) is 0 Å². The second-order valence-electron chi connectivity index (χ2n) is 9.73. The molecule has 1 saturated heterocycles. The van der Waals surface area contributed by atoms with Gasteiger partial charge in [-0.2, -0.15) is 19.6 Å². The highest BCUT2D eigenvalue weighted by Crippen LogP contribution is 2.35. The number of hydrogen-bond acceptors (Lipinski definition) is 7. The quantitative estimate of drug-likeness (QED) is 0.513. The molecule has 8 nitrogen and oxygen atoms in total. The van der Waals surface area contributed by atoms with Crippen molar-refractivity contribution in [2.75, 3.05) is 36.9 Å². The highest BCUT2D eigenvalue weighted by atomic mass is 16.5. The zero-order chi connectivity index (χ0) is 22.7. The topological polar surface area (TPSA) is 88.4 Å². The van der Waals surface area contributed by atoms with E-state index < -0.39 is 0 Å². The van der Waals surface area contributed by atoms with Crippen LogP contribution in [0.1, 0.15) is 63.0 Å². The number of rotatable bonds is 1. The van der Waals surface area contributed by atoms with Crippen LogP contribution < -0.4 is 20.7 Å². The largest absolute Gasteiger partial charge is 0.493 e. The summed E-state index contributed by atoms with van der Waals surface area (Å²) in [6, 6.07) is 8.23. The zero-order valence-electron chi connectivity index (χ0n) is 19.7. The smallest absolute Gasteiger partial charge is 0.229 e. The van der Waals surface area contributed by atoms with Crippen LogP contribution in [0, 0.1) is 5.41 Å². The average molecular weight is 450 g/mol. The van der Waals surface area contributed by atoms with E-state index in [1.165, 1.54) is 19.3 Å². The summed E-state index contributed by atoms with van der Waals surface area (Å²) in [5.74, 6) is 2.63. The van der Waals surface area contributed by atoms with Crippen LogP contribution in [0.2, 0.25) is 0 Å². The third kappa shape index (κ3) is 4.76. The normalized spacial score (nSPS) is 19.1. The van der Waals surface area contributed by atoms with E-state index in [-0.39, 0.29) is 5.41 Å². The maximum atomic E-state index is 6.19. The fourth-order valence-corrected chi connectivity index (χ4v) is 4.98. The fourth-order valence-electron chi connectivity index (χ4n) is 4.98. The van der Waals surface area contributed by atoms with Gasteiger partial charge >= 0.3 is 0 Å². The molecule has 0 radical (unpaired) electrons. The van der Waals surface area contributed by atoms with E-state index in [4.69, 9.17) is 14.7 Å². The molecule has 2 bridgehead atoms. The Kier molecular flexibility index (Phi) is 6.35. The minimum Gasteiger partial charge on any atom is -0.493 e. The first kappa shape index (κ1) is 21.9. The number of aromatic nitrogens is 4. The molecule has 0 aliphatic carbocycles. The number of nitrogens with one attached hydrogen (secondary N) is 3. The van der Waals surface area contributed by atoms with Gasteiger partial charge in [0.1, 0.15) is 5.75 Å². The van der Waals surface area contributed by atoms with Crippen molar-refractivity contribution in [2.24, 2.45) is 5.41 Å². The van der Waals surface area contributed by atoms with E-state index in [1.807, 2.05) is 22.8 Å². The third-order valence-corrected chi connectivity index (χ3v) is 7.07. The van der Waals surface area contributed by atoms with Gasteiger partial charge in [-0.05, 0) is 62.6 Å². The molecule has 3 N–H and O–H groups in total. The molecule has 176 valence electrons. The molecule has 1 fully saturated rings. The van der Waals surface area contributed by atoms with Gasteiger partial charge < -0.3 is 20.7 Å². The summed E-state index contributed by atoms with van der Waals surface area (Å²) in [6.07, 6.45) is 7.65. The van der Waals surface area contributed by atoms with E-state index in [2.05, 4.69) is 47.0 Å². The monoisotopic (exact) mass is 449 g/mol. The molecule has 0 saturated carbocycles. The van der Waals surface area contributed by atoms with Crippen molar-refractivity contribution in [3.05, 3.63) is 41.6 Å². The minimum absolute atomic E-state index is 0.257. The summed E-state index contributed by atoms with van der Waals surface area (Å²) in [5, 5.41) is 15.2. The van der Waals surface area contributed by atoms with Gasteiger partial charge in [-0.1, -0.05) is 32.0 Å². The van der Waals surface area contributed by atoms with Crippen LogP contribution in [0.15, 0.2) is 30.5 Å². The zero-order valence-corrected chi connectivity index (χ0v) is 19.7. The van der Waals surface area contributed by atoms with Crippen LogP contribution in [0.4, 0.5) is 11.9 Å². The Morgan fingerprint density at radius 2 is 1.88 bits per heavy atom. The Bertz CT molecular complexity index is 1090. The lowest BCUT2D eigenvalue weighted by Crippen LogP contribution is -2.41. The number of piperidine rings is 1. The lowest BCUT2D eigenvalue weighted by molar-refractivity contribution is 0.188. The number of hydrogen-bond donors (Lipinski definition) is 3. The van der Waals surface area contributed by atoms with Gasteiger partial charge in [0.25, 0.3) is 0 Å². The number of fused-ring (bicyclic) bond motifs is 5. The summed E-state index contributed by atoms with van der Waals surface area (Å²) in [7, 11) is 0. The number of ether oxygens (including phenoxy) is 1. The first-order chi connectivity index (χ1) is 16.1. The summed E-state index contributed by atoms with van der Waals surface area (Å²) in [4.78, 5) is 9.74. The highest BCUT2D eigenvalue weighted by Gasteiger charge is 2.32. The second kappa shape index (κ2) is 9.55. The molecule has 4 heterocycles. The van der Waals surface area contributed by atoms with Gasteiger partial charge in [0, 0.05) is 24.2 Å². The average Bonchev–Trinajstić information content (AvgIpc) is 3.26. The predicted molar refractivity (Wildman–Crippen MR) is 131 cm³/mol. The summed E-state index contributed by atoms with van der Waals surface area (Å²) in [5.41, 5.74) is 3.35. The van der Waals surface area contributed by atoms with Crippen molar-refractivity contribution in [3.63, 3.8) is 0 Å². The maximum absolute atomic E-state index is 6.19. The van der Waals surface area contributed by atoms with Gasteiger partial charge in [0.15, 0.2) is 5.65 Å². The van der Waals surface area contributed by atoms with Crippen molar-refractivity contribution in [3.8, 4) is 5.75 Å². The first-order valence-electron chi connectivity index (χ1n) is 12.3. The summed E-state index contributed by atoms with van der Waals surface area (Å²) < 4.78 is 8.02. The predicted octanol–water partition coefficient (Wildman–Crippen LogP) is 4.20. The van der Waals surface area contributed by atoms with E-state index in [0.29, 0.717) is 24.4 Å². The van der Waals surface area contributed by atoms with Crippen molar-refractivity contribution in [1.29, 1.82) is 0 Å². The molecule has 2 aromatic heterocycles. The van der Waals surface area contributed by atoms with Crippen LogP contribution in [0.25, 0.3) is 5.65 Å². The summed E-state index contributed by atoms with van der Waals surface area (Å²) >= 11 is 0. The Morgan fingerprint density at radius 1 is 1.03 bits per heavy atom. The Hall–Kier alpha value is -2.87. The SMILES string of the molecule is CC(C)c1cnn2c3nc(nc12)NCC1(CCCCOc2ccccc2CN3)CCNCC1. The molecule has 1 aromatic carbocycles. The standard InChI is InChI=1S/C25H35N7O/c1-18(2)20-16-29-32-22(20)30-23-28-17-25(10-12-26-13-11-25)9-5-6-14-33-21-8-4-3-7-19(21)15-27-24(32)31-23/h3-4,7-8,16,18,26H,5-6,9-15,17H2,1-2H3,(H2,27,28,30,31). The van der Waals surface area contributed by atoms with E-state index in [9.17, 15) is 0 Å². The first-order valence-corrected chi connectivity index (χ1v) is 12.3. The molecule has 33 heavy (non-hydrogen) atoms. The van der Waals surface area contributed by atoms with Gasteiger partial charge in [-0.25, -0.2) is 0 Å². The third-order valence-electron chi connectivity index (χ3n) is 7.07. The highest BCUT2D eigenvalue weighted by molar-refractivity contribution is 5.56. The second-order valence-corrected chi connectivity index (χ2v) is 9.73. The van der Waals surface area contributed by atoms with Gasteiger partial charge in [0.05, 0.1) is 12.8 Å². The molecular formula is C25H35N7O. The maximum Gasteiger partial charge on any atom is 0.229 e. The minimum atomic E-state index is 0.257. The Labute approximate surface area is 195 Å². The molecule has 2 aliphatic rings. The number of benzene rings is 1. The van der Waals surface area contributed by atoms with Gasteiger partial charge in [-0.3, -0.25) is 0 Å². The van der Waals surface area contributed by atoms with Crippen LogP contribution in [-0.4, -0.2) is 45.8 Å². The molecule has 0 atom stereocenters. The van der Waals surface area contributed by atoms with E-state index >= 15 is 0 Å². The van der Waals surface area contributed by atoms with Crippen molar-refractivity contribution in [1.82, 2.24) is 24.9 Å². The molecule has 2 aliphatic heterocycles. The number of para-hydroxylation sites is 1. The Morgan fingerprint density at radius 3 is 2.73 bits per heavy atom. The fraction of sp³-hybridized carbons (Fsp3) is 0.560. The molecular weight excluding hydrogens is 414 g/mol. The van der Waals surface area contributed by atoms with Crippen LogP contribution in [-0.2, 0) is 6.54 Å². The molecule has 0 amide bonds. The lowest BCUT2D eigenvalue weighted by Gasteiger charge is -2.38. The van der Waals surface area contributed by atoms with Crippen molar-refractivity contribution >= 4 is 17.5 Å². The molecule has 3 aromatic rings. The molecule has 5 rings (SSSR count). The number of anilines is 2. The van der Waals surface area contributed by atoms with Crippen molar-refractivity contribution < 1.29 is 4.74 Å². The van der Waals surface area contributed by atoms with Crippen LogP contribution in [0.3, 0.4) is 0 Å². The van der Waals surface area contributed by atoms with Crippen LogP contribution >= 0.6 is 0 Å². The Balaban J connectivity index is 1.52. The lowest BCUT2D eigenvalue weighted by atomic mass is 9.75. The van der Waals surface area contributed by atoms with Gasteiger partial charge in [-0.15, -0.1) is 0 Å². The number of nitrogens with zero attached hydrogens (tertiary/aromatic N) is 4. The van der Waals surface area contributed by atoms with Crippen LogP contribution in [0.5, 0.6) is 5.75 Å². The van der Waals surface area contributed by atoms with E-state index in [0.717, 1.165) is 61.6 Å².